The monoisotopic (exact) mass is 270 g/mol. The largest absolute Gasteiger partial charge is 0.377 e. The highest BCUT2D eigenvalue weighted by Crippen LogP contribution is 2.30. The normalized spacial score (nSPS) is 14.5. The van der Waals surface area contributed by atoms with E-state index >= 15 is 0 Å². The van der Waals surface area contributed by atoms with E-state index in [0.717, 1.165) is 18.2 Å². The number of halogens is 2. The summed E-state index contributed by atoms with van der Waals surface area (Å²) in [6.45, 7) is 4.02. The van der Waals surface area contributed by atoms with Crippen LogP contribution in [0.2, 0.25) is 0 Å². The Morgan fingerprint density at radius 3 is 2.23 bits per heavy atom. The van der Waals surface area contributed by atoms with E-state index in [1.165, 1.54) is 19.3 Å². The van der Waals surface area contributed by atoms with Crippen LogP contribution in [0.25, 0.3) is 0 Å². The average molecular weight is 272 g/mol. The summed E-state index contributed by atoms with van der Waals surface area (Å²) in [5.74, 6) is 0. The molecule has 1 unspecified atom stereocenters. The van der Waals surface area contributed by atoms with E-state index in [9.17, 15) is 5.11 Å². The van der Waals surface area contributed by atoms with Crippen LogP contribution in [0.5, 0.6) is 0 Å². The Kier molecular flexibility index (Phi) is 7.48. The first-order valence-corrected chi connectivity index (χ1v) is 6.44. The second-order valence-electron chi connectivity index (χ2n) is 4.18. The molecule has 0 fully saturated rings. The second-order valence-corrected chi connectivity index (χ2v) is 5.38. The first-order valence-electron chi connectivity index (χ1n) is 4.89. The molecule has 13 heavy (non-hydrogen) atoms. The fourth-order valence-corrected chi connectivity index (χ4v) is 1.65. The van der Waals surface area contributed by atoms with Gasteiger partial charge in [-0.3, -0.25) is 0 Å². The van der Waals surface area contributed by atoms with Crippen molar-refractivity contribution >= 4 is 27.5 Å². The minimum Gasteiger partial charge on any atom is -0.377 e. The summed E-state index contributed by atoms with van der Waals surface area (Å²) in [6.07, 6.45) is 5.89. The summed E-state index contributed by atoms with van der Waals surface area (Å²) in [4.78, 5) is 0. The zero-order chi connectivity index (χ0) is 10.3. The Bertz CT molecular complexity index is 126. The molecule has 0 aromatic heterocycles. The third kappa shape index (κ3) is 6.75. The van der Waals surface area contributed by atoms with Gasteiger partial charge in [0.1, 0.15) is 5.56 Å². The van der Waals surface area contributed by atoms with Gasteiger partial charge in [-0.15, -0.1) is 0 Å². The molecule has 0 spiro atoms. The lowest BCUT2D eigenvalue weighted by Crippen LogP contribution is -2.23. The topological polar surface area (TPSA) is 20.2 Å². The van der Waals surface area contributed by atoms with E-state index < -0.39 is 5.56 Å². The number of unbranched alkanes of at least 4 members (excludes halogenated alkanes) is 3. The van der Waals surface area contributed by atoms with E-state index in [2.05, 4.69) is 15.9 Å². The molecule has 0 bridgehead atoms. The average Bonchev–Trinajstić information content (AvgIpc) is 2.03. The van der Waals surface area contributed by atoms with Gasteiger partial charge < -0.3 is 5.11 Å². The summed E-state index contributed by atoms with van der Waals surface area (Å²) in [5.41, 5.74) is -0.862. The maximum absolute atomic E-state index is 9.24. The first kappa shape index (κ1) is 13.7. The van der Waals surface area contributed by atoms with E-state index in [-0.39, 0.29) is 5.41 Å². The molecule has 0 aliphatic rings. The van der Waals surface area contributed by atoms with Gasteiger partial charge in [-0.2, -0.15) is 0 Å². The van der Waals surface area contributed by atoms with Gasteiger partial charge in [-0.25, -0.2) is 0 Å². The van der Waals surface area contributed by atoms with Crippen molar-refractivity contribution in [2.24, 2.45) is 5.41 Å². The third-order valence-corrected chi connectivity index (χ3v) is 3.50. The van der Waals surface area contributed by atoms with Gasteiger partial charge in [-0.05, 0) is 12.8 Å². The van der Waals surface area contributed by atoms with Crippen molar-refractivity contribution in [1.29, 1.82) is 0 Å². The maximum Gasteiger partial charge on any atom is 0.133 e. The smallest absolute Gasteiger partial charge is 0.133 e. The lowest BCUT2D eigenvalue weighted by atomic mass is 9.87. The van der Waals surface area contributed by atoms with Crippen LogP contribution in [0.3, 0.4) is 0 Å². The minimum absolute atomic E-state index is 0.143. The number of hydrogen-bond acceptors (Lipinski definition) is 1. The van der Waals surface area contributed by atoms with Crippen molar-refractivity contribution in [2.45, 2.75) is 51.5 Å². The van der Waals surface area contributed by atoms with Crippen LogP contribution in [-0.2, 0) is 0 Å². The summed E-state index contributed by atoms with van der Waals surface area (Å²) in [6, 6.07) is 0. The molecule has 0 heterocycles. The quantitative estimate of drug-likeness (QED) is 0.550. The molecule has 0 radical (unpaired) electrons. The van der Waals surface area contributed by atoms with Gasteiger partial charge in [0, 0.05) is 10.7 Å². The standard InChI is InChI=1S/C10H20BrClO/c1-10(2,9(12)13)7-5-3-4-6-8-11/h9,13H,3-8H2,1-2H3. The van der Waals surface area contributed by atoms with Crippen molar-refractivity contribution < 1.29 is 5.11 Å². The van der Waals surface area contributed by atoms with Gasteiger partial charge in [0.05, 0.1) is 0 Å². The molecule has 0 saturated carbocycles. The Hall–Kier alpha value is 0.730. The summed E-state index contributed by atoms with van der Waals surface area (Å²) in [7, 11) is 0. The molecular formula is C10H20BrClO. The summed E-state index contributed by atoms with van der Waals surface area (Å²) < 4.78 is 0. The number of aliphatic hydroxyl groups excluding tert-OH is 1. The van der Waals surface area contributed by atoms with E-state index in [0.29, 0.717) is 0 Å². The fourth-order valence-electron chi connectivity index (χ4n) is 1.15. The number of rotatable bonds is 7. The maximum atomic E-state index is 9.24. The Morgan fingerprint density at radius 1 is 1.23 bits per heavy atom. The zero-order valence-electron chi connectivity index (χ0n) is 8.52. The van der Waals surface area contributed by atoms with Gasteiger partial charge in [0.15, 0.2) is 0 Å². The first-order chi connectivity index (χ1) is 6.00. The summed E-state index contributed by atoms with van der Waals surface area (Å²) >= 11 is 9.06. The lowest BCUT2D eigenvalue weighted by Gasteiger charge is -2.26. The third-order valence-electron chi connectivity index (χ3n) is 2.35. The van der Waals surface area contributed by atoms with Gasteiger partial charge in [-0.1, -0.05) is 60.6 Å². The van der Waals surface area contributed by atoms with E-state index in [1.807, 2.05) is 13.8 Å². The molecule has 80 valence electrons. The molecule has 0 aromatic carbocycles. The van der Waals surface area contributed by atoms with Crippen molar-refractivity contribution in [1.82, 2.24) is 0 Å². The van der Waals surface area contributed by atoms with Gasteiger partial charge in [0.25, 0.3) is 0 Å². The predicted octanol–water partition coefficient (Wildman–Crippen LogP) is 3.92. The molecule has 0 saturated heterocycles. The SMILES string of the molecule is CC(C)(CCCCCCBr)C(O)Cl. The molecule has 0 amide bonds. The van der Waals surface area contributed by atoms with Crippen molar-refractivity contribution in [3.63, 3.8) is 0 Å². The van der Waals surface area contributed by atoms with Gasteiger partial charge in [0.2, 0.25) is 0 Å². The lowest BCUT2D eigenvalue weighted by molar-refractivity contribution is 0.109. The Labute approximate surface area is 95.0 Å². The van der Waals surface area contributed by atoms with Crippen LogP contribution < -0.4 is 0 Å². The molecule has 0 aromatic rings. The molecule has 1 N–H and O–H groups in total. The molecular weight excluding hydrogens is 251 g/mol. The van der Waals surface area contributed by atoms with Crippen molar-refractivity contribution in [2.75, 3.05) is 5.33 Å². The Balaban J connectivity index is 3.41. The summed E-state index contributed by atoms with van der Waals surface area (Å²) in [5, 5.41) is 10.3. The highest BCUT2D eigenvalue weighted by Gasteiger charge is 2.24. The zero-order valence-corrected chi connectivity index (χ0v) is 10.9. The minimum atomic E-state index is -0.719. The molecule has 0 aliphatic carbocycles. The van der Waals surface area contributed by atoms with Crippen LogP contribution in [-0.4, -0.2) is 16.0 Å². The van der Waals surface area contributed by atoms with E-state index in [4.69, 9.17) is 11.6 Å². The van der Waals surface area contributed by atoms with Gasteiger partial charge >= 0.3 is 0 Å². The molecule has 0 aliphatic heterocycles. The molecule has 1 nitrogen and oxygen atoms in total. The van der Waals surface area contributed by atoms with Crippen molar-refractivity contribution in [3.8, 4) is 0 Å². The Morgan fingerprint density at radius 2 is 1.77 bits per heavy atom. The van der Waals surface area contributed by atoms with E-state index in [1.54, 1.807) is 0 Å². The molecule has 0 rings (SSSR count). The van der Waals surface area contributed by atoms with Crippen LogP contribution in [0.1, 0.15) is 46.0 Å². The highest BCUT2D eigenvalue weighted by molar-refractivity contribution is 9.09. The van der Waals surface area contributed by atoms with Crippen LogP contribution in [0.4, 0.5) is 0 Å². The van der Waals surface area contributed by atoms with Crippen molar-refractivity contribution in [3.05, 3.63) is 0 Å². The van der Waals surface area contributed by atoms with Crippen LogP contribution in [0, 0.1) is 5.41 Å². The molecule has 3 heteroatoms. The second kappa shape index (κ2) is 7.08. The number of alkyl halides is 2. The number of hydrogen-bond donors (Lipinski definition) is 1. The predicted molar refractivity (Wildman–Crippen MR) is 62.5 cm³/mol. The fraction of sp³-hybridized carbons (Fsp3) is 1.00. The van der Waals surface area contributed by atoms with Crippen LogP contribution in [0.15, 0.2) is 0 Å². The number of aliphatic hydroxyl groups is 1. The van der Waals surface area contributed by atoms with Crippen LogP contribution >= 0.6 is 27.5 Å². The highest BCUT2D eigenvalue weighted by atomic mass is 79.9. The molecule has 1 atom stereocenters.